The number of nitriles is 1. The number of thioether (sulfide) groups is 1. The molecule has 0 aliphatic rings. The van der Waals surface area contributed by atoms with Crippen LogP contribution in [0.2, 0.25) is 0 Å². The van der Waals surface area contributed by atoms with Crippen molar-refractivity contribution < 1.29 is 14.3 Å². The van der Waals surface area contributed by atoms with Gasteiger partial charge >= 0.3 is 5.97 Å². The molecule has 0 aromatic carbocycles. The number of amides is 1. The van der Waals surface area contributed by atoms with E-state index in [1.807, 2.05) is 24.3 Å². The van der Waals surface area contributed by atoms with Crippen molar-refractivity contribution in [2.75, 3.05) is 17.7 Å². The molecule has 2 aromatic heterocycles. The fraction of sp³-hybridized carbons (Fsp3) is 0.333. The zero-order valence-electron chi connectivity index (χ0n) is 14.6. The van der Waals surface area contributed by atoms with Gasteiger partial charge in [-0.25, -0.2) is 4.79 Å². The Labute approximate surface area is 160 Å². The van der Waals surface area contributed by atoms with Crippen molar-refractivity contribution in [1.82, 2.24) is 4.98 Å². The summed E-state index contributed by atoms with van der Waals surface area (Å²) in [5.74, 6) is 0.715. The first kappa shape index (κ1) is 19.9. The minimum Gasteiger partial charge on any atom is -0.462 e. The van der Waals surface area contributed by atoms with Crippen LogP contribution in [-0.4, -0.2) is 29.2 Å². The molecule has 2 rings (SSSR count). The lowest BCUT2D eigenvalue weighted by Crippen LogP contribution is -2.12. The number of hydrogen-bond donors (Lipinski definition) is 1. The average molecular weight is 390 g/mol. The van der Waals surface area contributed by atoms with Gasteiger partial charge in [-0.15, -0.1) is 11.3 Å². The largest absolute Gasteiger partial charge is 0.462 e. The van der Waals surface area contributed by atoms with Crippen molar-refractivity contribution in [3.05, 3.63) is 46.1 Å². The minimum atomic E-state index is -0.474. The van der Waals surface area contributed by atoms with Gasteiger partial charge in [0.25, 0.3) is 0 Å². The Hall–Kier alpha value is -2.37. The van der Waals surface area contributed by atoms with Gasteiger partial charge in [0.15, 0.2) is 0 Å². The number of carbonyl (C=O) groups excluding carboxylic acids is 2. The van der Waals surface area contributed by atoms with Crippen molar-refractivity contribution >= 4 is 40.0 Å². The van der Waals surface area contributed by atoms with Crippen LogP contribution in [0.1, 0.15) is 39.8 Å². The second-order valence-electron chi connectivity index (χ2n) is 5.26. The topological polar surface area (TPSA) is 92.1 Å². The van der Waals surface area contributed by atoms with Crippen LogP contribution in [0, 0.1) is 18.3 Å². The number of hydrogen-bond acceptors (Lipinski definition) is 7. The molecule has 1 N–H and O–H groups in total. The number of anilines is 1. The SMILES string of the molecule is CCOC(=O)c1sc(NC(=O)CCSCc2ccccn2)c(C#N)c1C. The monoisotopic (exact) mass is 389 g/mol. The molecule has 0 aliphatic carbocycles. The Morgan fingerprint density at radius 2 is 2.23 bits per heavy atom. The molecule has 0 atom stereocenters. The van der Waals surface area contributed by atoms with Crippen LogP contribution in [0.5, 0.6) is 0 Å². The lowest BCUT2D eigenvalue weighted by atomic mass is 10.2. The molecule has 6 nitrogen and oxygen atoms in total. The summed E-state index contributed by atoms with van der Waals surface area (Å²) in [7, 11) is 0. The summed E-state index contributed by atoms with van der Waals surface area (Å²) in [5, 5.41) is 12.5. The zero-order valence-corrected chi connectivity index (χ0v) is 16.2. The van der Waals surface area contributed by atoms with E-state index in [-0.39, 0.29) is 12.5 Å². The van der Waals surface area contributed by atoms with Crippen LogP contribution in [0.4, 0.5) is 5.00 Å². The average Bonchev–Trinajstić information content (AvgIpc) is 2.95. The second-order valence-corrected chi connectivity index (χ2v) is 7.39. The molecule has 0 bridgehead atoms. The number of ether oxygens (including phenoxy) is 1. The van der Waals surface area contributed by atoms with Crippen LogP contribution >= 0.6 is 23.1 Å². The van der Waals surface area contributed by atoms with Gasteiger partial charge in [0, 0.05) is 24.1 Å². The standard InChI is InChI=1S/C18H19N3O3S2/c1-3-24-18(23)16-12(2)14(10-19)17(26-16)21-15(22)7-9-25-11-13-6-4-5-8-20-13/h4-6,8H,3,7,9,11H2,1-2H3,(H,21,22). The molecule has 2 heterocycles. The van der Waals surface area contributed by atoms with Crippen molar-refractivity contribution in [3.8, 4) is 6.07 Å². The summed E-state index contributed by atoms with van der Waals surface area (Å²) < 4.78 is 4.99. The molecule has 0 spiro atoms. The van der Waals surface area contributed by atoms with E-state index in [4.69, 9.17) is 4.74 Å². The maximum absolute atomic E-state index is 12.1. The van der Waals surface area contributed by atoms with E-state index in [0.717, 1.165) is 22.8 Å². The van der Waals surface area contributed by atoms with Gasteiger partial charge < -0.3 is 10.1 Å². The number of nitrogens with zero attached hydrogens (tertiary/aromatic N) is 2. The summed E-state index contributed by atoms with van der Waals surface area (Å²) in [6, 6.07) is 7.78. The number of pyridine rings is 1. The number of carbonyl (C=O) groups is 2. The van der Waals surface area contributed by atoms with E-state index in [2.05, 4.69) is 10.3 Å². The van der Waals surface area contributed by atoms with Gasteiger partial charge in [-0.1, -0.05) is 6.07 Å². The van der Waals surface area contributed by atoms with E-state index in [1.165, 1.54) is 0 Å². The van der Waals surface area contributed by atoms with Crippen LogP contribution in [0.15, 0.2) is 24.4 Å². The summed E-state index contributed by atoms with van der Waals surface area (Å²) in [4.78, 5) is 28.7. The molecule has 26 heavy (non-hydrogen) atoms. The first-order chi connectivity index (χ1) is 12.6. The predicted molar refractivity (Wildman–Crippen MR) is 103 cm³/mol. The van der Waals surface area contributed by atoms with Crippen molar-refractivity contribution in [2.45, 2.75) is 26.0 Å². The number of aromatic nitrogens is 1. The fourth-order valence-corrected chi connectivity index (χ4v) is 4.06. The smallest absolute Gasteiger partial charge is 0.348 e. The molecular weight excluding hydrogens is 370 g/mol. The first-order valence-corrected chi connectivity index (χ1v) is 10.0. The van der Waals surface area contributed by atoms with Gasteiger partial charge in [0.2, 0.25) is 5.91 Å². The molecule has 136 valence electrons. The van der Waals surface area contributed by atoms with Crippen LogP contribution in [-0.2, 0) is 15.3 Å². The zero-order chi connectivity index (χ0) is 18.9. The van der Waals surface area contributed by atoms with E-state index in [0.29, 0.717) is 33.2 Å². The highest BCUT2D eigenvalue weighted by atomic mass is 32.2. The first-order valence-electron chi connectivity index (χ1n) is 8.04. The molecule has 0 fully saturated rings. The lowest BCUT2D eigenvalue weighted by molar-refractivity contribution is -0.115. The fourth-order valence-electron chi connectivity index (χ4n) is 2.14. The molecule has 0 aliphatic heterocycles. The van der Waals surface area contributed by atoms with Gasteiger partial charge in [0.05, 0.1) is 17.9 Å². The number of thiophene rings is 1. The highest BCUT2D eigenvalue weighted by Gasteiger charge is 2.22. The summed E-state index contributed by atoms with van der Waals surface area (Å²) in [6.07, 6.45) is 2.06. The van der Waals surface area contributed by atoms with E-state index >= 15 is 0 Å². The second kappa shape index (κ2) is 9.94. The van der Waals surface area contributed by atoms with E-state index < -0.39 is 5.97 Å². The third-order valence-corrected chi connectivity index (χ3v) is 5.60. The van der Waals surface area contributed by atoms with Crippen LogP contribution in [0.3, 0.4) is 0 Å². The molecule has 0 saturated heterocycles. The molecule has 0 saturated carbocycles. The van der Waals surface area contributed by atoms with E-state index in [1.54, 1.807) is 31.8 Å². The number of esters is 1. The minimum absolute atomic E-state index is 0.188. The third-order valence-electron chi connectivity index (χ3n) is 3.42. The quantitative estimate of drug-likeness (QED) is 0.546. The maximum Gasteiger partial charge on any atom is 0.348 e. The summed E-state index contributed by atoms with van der Waals surface area (Å²) >= 11 is 2.69. The Morgan fingerprint density at radius 3 is 2.88 bits per heavy atom. The maximum atomic E-state index is 12.1. The van der Waals surface area contributed by atoms with E-state index in [9.17, 15) is 14.9 Å². The Kier molecular flexibility index (Phi) is 7.63. The van der Waals surface area contributed by atoms with Crippen LogP contribution in [0.25, 0.3) is 0 Å². The molecule has 8 heteroatoms. The molecule has 1 amide bonds. The van der Waals surface area contributed by atoms with Crippen molar-refractivity contribution in [2.24, 2.45) is 0 Å². The van der Waals surface area contributed by atoms with Gasteiger partial charge in [-0.3, -0.25) is 9.78 Å². The number of nitrogens with one attached hydrogen (secondary N) is 1. The normalized spacial score (nSPS) is 10.2. The summed E-state index contributed by atoms with van der Waals surface area (Å²) in [5.41, 5.74) is 1.82. The summed E-state index contributed by atoms with van der Waals surface area (Å²) in [6.45, 7) is 3.66. The number of rotatable bonds is 8. The van der Waals surface area contributed by atoms with Crippen molar-refractivity contribution in [1.29, 1.82) is 5.26 Å². The van der Waals surface area contributed by atoms with Crippen LogP contribution < -0.4 is 5.32 Å². The Balaban J connectivity index is 1.91. The molecule has 0 unspecified atom stereocenters. The third kappa shape index (κ3) is 5.31. The van der Waals surface area contributed by atoms with Gasteiger partial charge in [-0.2, -0.15) is 17.0 Å². The lowest BCUT2D eigenvalue weighted by Gasteiger charge is -2.04. The highest BCUT2D eigenvalue weighted by molar-refractivity contribution is 7.98. The van der Waals surface area contributed by atoms with Gasteiger partial charge in [0.1, 0.15) is 15.9 Å². The predicted octanol–water partition coefficient (Wildman–Crippen LogP) is 3.76. The Morgan fingerprint density at radius 1 is 1.42 bits per heavy atom. The van der Waals surface area contributed by atoms with Crippen molar-refractivity contribution in [3.63, 3.8) is 0 Å². The Bertz CT molecular complexity index is 813. The molecule has 0 radical (unpaired) electrons. The molecule has 2 aromatic rings. The highest BCUT2D eigenvalue weighted by Crippen LogP contribution is 2.33. The molecular formula is C18H19N3O3S2. The van der Waals surface area contributed by atoms with Gasteiger partial charge in [-0.05, 0) is 31.5 Å².